The summed E-state index contributed by atoms with van der Waals surface area (Å²) < 4.78 is 10.3. The lowest BCUT2D eigenvalue weighted by Crippen LogP contribution is -2.37. The minimum atomic E-state index is 0.0179. The molecule has 0 radical (unpaired) electrons. The van der Waals surface area contributed by atoms with Crippen molar-refractivity contribution in [2.75, 3.05) is 47.1 Å². The Balaban J connectivity index is 2.65. The standard InChI is InChI=1S/C16H28N2O2/c1-13-5-6-15(14(2)11-13)16(17)12-18(7-9-19-3)8-10-20-4/h5-6,11,16H,7-10,12,17H2,1-4H3. The van der Waals surface area contributed by atoms with E-state index in [4.69, 9.17) is 15.2 Å². The monoisotopic (exact) mass is 280 g/mol. The number of hydrogen-bond acceptors (Lipinski definition) is 4. The molecule has 1 unspecified atom stereocenters. The van der Waals surface area contributed by atoms with Crippen LogP contribution in [0.15, 0.2) is 18.2 Å². The summed E-state index contributed by atoms with van der Waals surface area (Å²) in [6, 6.07) is 6.46. The van der Waals surface area contributed by atoms with Crippen LogP contribution in [0.1, 0.15) is 22.7 Å². The fourth-order valence-electron chi connectivity index (χ4n) is 2.35. The highest BCUT2D eigenvalue weighted by Gasteiger charge is 2.14. The van der Waals surface area contributed by atoms with Crippen molar-refractivity contribution in [2.24, 2.45) is 5.73 Å². The number of nitrogens with zero attached hydrogens (tertiary/aromatic N) is 1. The topological polar surface area (TPSA) is 47.7 Å². The maximum absolute atomic E-state index is 6.37. The van der Waals surface area contributed by atoms with E-state index in [1.165, 1.54) is 16.7 Å². The molecule has 1 aromatic carbocycles. The summed E-state index contributed by atoms with van der Waals surface area (Å²) in [7, 11) is 3.44. The predicted octanol–water partition coefficient (Wildman–Crippen LogP) is 1.90. The lowest BCUT2D eigenvalue weighted by Gasteiger charge is -2.26. The molecule has 0 aromatic heterocycles. The number of benzene rings is 1. The highest BCUT2D eigenvalue weighted by Crippen LogP contribution is 2.18. The van der Waals surface area contributed by atoms with Gasteiger partial charge in [0.1, 0.15) is 0 Å². The fraction of sp³-hybridized carbons (Fsp3) is 0.625. The summed E-state index contributed by atoms with van der Waals surface area (Å²) in [5, 5.41) is 0. The van der Waals surface area contributed by atoms with Gasteiger partial charge in [0.05, 0.1) is 13.2 Å². The average Bonchev–Trinajstić information content (AvgIpc) is 2.41. The van der Waals surface area contributed by atoms with Crippen molar-refractivity contribution in [1.82, 2.24) is 4.90 Å². The molecule has 2 N–H and O–H groups in total. The van der Waals surface area contributed by atoms with Crippen molar-refractivity contribution in [2.45, 2.75) is 19.9 Å². The summed E-state index contributed by atoms with van der Waals surface area (Å²) >= 11 is 0. The van der Waals surface area contributed by atoms with E-state index < -0.39 is 0 Å². The summed E-state index contributed by atoms with van der Waals surface area (Å²) in [5.74, 6) is 0. The molecule has 1 aromatic rings. The molecule has 0 amide bonds. The minimum Gasteiger partial charge on any atom is -0.383 e. The zero-order valence-electron chi connectivity index (χ0n) is 13.2. The van der Waals surface area contributed by atoms with Gasteiger partial charge in [-0.2, -0.15) is 0 Å². The Kier molecular flexibility index (Phi) is 7.77. The second-order valence-corrected chi connectivity index (χ2v) is 5.25. The third kappa shape index (κ3) is 5.59. The summed E-state index contributed by atoms with van der Waals surface area (Å²) in [4.78, 5) is 2.29. The van der Waals surface area contributed by atoms with Gasteiger partial charge in [-0.3, -0.25) is 4.90 Å². The lowest BCUT2D eigenvalue weighted by molar-refractivity contribution is 0.110. The van der Waals surface area contributed by atoms with E-state index in [0.717, 1.165) is 19.6 Å². The van der Waals surface area contributed by atoms with Gasteiger partial charge in [0.2, 0.25) is 0 Å². The highest BCUT2D eigenvalue weighted by molar-refractivity contribution is 5.32. The molecule has 0 aliphatic carbocycles. The predicted molar refractivity (Wildman–Crippen MR) is 83.0 cm³/mol. The van der Waals surface area contributed by atoms with Crippen LogP contribution < -0.4 is 5.73 Å². The molecule has 0 aliphatic rings. The summed E-state index contributed by atoms with van der Waals surface area (Å²) in [5.41, 5.74) is 10.1. The SMILES string of the molecule is COCCN(CCOC)CC(N)c1ccc(C)cc1C. The molecule has 1 atom stereocenters. The summed E-state index contributed by atoms with van der Waals surface area (Å²) in [6.45, 7) is 8.21. The molecular formula is C16H28N2O2. The van der Waals surface area contributed by atoms with Gasteiger partial charge >= 0.3 is 0 Å². The Morgan fingerprint density at radius 2 is 1.70 bits per heavy atom. The molecule has 1 rings (SSSR count). The van der Waals surface area contributed by atoms with Crippen LogP contribution in [0.25, 0.3) is 0 Å². The first-order chi connectivity index (χ1) is 9.58. The molecule has 0 spiro atoms. The largest absolute Gasteiger partial charge is 0.383 e. The molecule has 0 aliphatic heterocycles. The van der Waals surface area contributed by atoms with Crippen molar-refractivity contribution in [1.29, 1.82) is 0 Å². The maximum atomic E-state index is 6.37. The number of hydrogen-bond donors (Lipinski definition) is 1. The van der Waals surface area contributed by atoms with Gasteiger partial charge in [-0.15, -0.1) is 0 Å². The molecule has 0 bridgehead atoms. The minimum absolute atomic E-state index is 0.0179. The normalized spacial score (nSPS) is 12.9. The second-order valence-electron chi connectivity index (χ2n) is 5.25. The van der Waals surface area contributed by atoms with E-state index in [0.29, 0.717) is 13.2 Å². The van der Waals surface area contributed by atoms with E-state index in [1.807, 2.05) is 0 Å². The van der Waals surface area contributed by atoms with Crippen LogP contribution in [-0.4, -0.2) is 52.0 Å². The average molecular weight is 280 g/mol. The van der Waals surface area contributed by atoms with Gasteiger partial charge in [0.25, 0.3) is 0 Å². The molecule has 0 heterocycles. The highest BCUT2D eigenvalue weighted by atomic mass is 16.5. The number of ether oxygens (including phenoxy) is 2. The lowest BCUT2D eigenvalue weighted by atomic mass is 9.99. The Bertz CT molecular complexity index is 388. The quantitative estimate of drug-likeness (QED) is 0.750. The van der Waals surface area contributed by atoms with Gasteiger partial charge < -0.3 is 15.2 Å². The van der Waals surface area contributed by atoms with E-state index in [-0.39, 0.29) is 6.04 Å². The van der Waals surface area contributed by atoms with E-state index in [9.17, 15) is 0 Å². The van der Waals surface area contributed by atoms with E-state index in [1.54, 1.807) is 14.2 Å². The van der Waals surface area contributed by atoms with Gasteiger partial charge in [-0.25, -0.2) is 0 Å². The zero-order valence-corrected chi connectivity index (χ0v) is 13.2. The Morgan fingerprint density at radius 1 is 1.10 bits per heavy atom. The van der Waals surface area contributed by atoms with Crippen LogP contribution in [0.4, 0.5) is 0 Å². The number of nitrogens with two attached hydrogens (primary N) is 1. The zero-order chi connectivity index (χ0) is 15.0. The first-order valence-corrected chi connectivity index (χ1v) is 7.11. The Labute approximate surface area is 122 Å². The summed E-state index contributed by atoms with van der Waals surface area (Å²) in [6.07, 6.45) is 0. The second kappa shape index (κ2) is 9.08. The molecule has 20 heavy (non-hydrogen) atoms. The van der Waals surface area contributed by atoms with Crippen LogP contribution in [0.5, 0.6) is 0 Å². The first-order valence-electron chi connectivity index (χ1n) is 7.11. The van der Waals surface area contributed by atoms with Crippen LogP contribution >= 0.6 is 0 Å². The number of aryl methyl sites for hydroxylation is 2. The van der Waals surface area contributed by atoms with Crippen molar-refractivity contribution in [3.05, 3.63) is 34.9 Å². The van der Waals surface area contributed by atoms with Crippen LogP contribution in [0.3, 0.4) is 0 Å². The van der Waals surface area contributed by atoms with Gasteiger partial charge in [-0.05, 0) is 25.0 Å². The number of rotatable bonds is 9. The van der Waals surface area contributed by atoms with E-state index >= 15 is 0 Å². The van der Waals surface area contributed by atoms with Gasteiger partial charge in [0.15, 0.2) is 0 Å². The number of methoxy groups -OCH3 is 2. The molecule has 0 saturated heterocycles. The third-order valence-electron chi connectivity index (χ3n) is 3.50. The Hall–Kier alpha value is -0.940. The van der Waals surface area contributed by atoms with Crippen molar-refractivity contribution in [3.63, 3.8) is 0 Å². The molecule has 0 fully saturated rings. The van der Waals surface area contributed by atoms with Gasteiger partial charge in [0, 0.05) is 39.9 Å². The Morgan fingerprint density at radius 3 is 2.20 bits per heavy atom. The van der Waals surface area contributed by atoms with Crippen LogP contribution in [0.2, 0.25) is 0 Å². The van der Waals surface area contributed by atoms with Crippen molar-refractivity contribution in [3.8, 4) is 0 Å². The first kappa shape index (κ1) is 17.1. The molecule has 4 heteroatoms. The molecule has 114 valence electrons. The van der Waals surface area contributed by atoms with Gasteiger partial charge in [-0.1, -0.05) is 23.8 Å². The van der Waals surface area contributed by atoms with Crippen LogP contribution in [0, 0.1) is 13.8 Å². The van der Waals surface area contributed by atoms with E-state index in [2.05, 4.69) is 36.9 Å². The smallest absolute Gasteiger partial charge is 0.0589 e. The molecule has 0 saturated carbocycles. The third-order valence-corrected chi connectivity index (χ3v) is 3.50. The molecule has 4 nitrogen and oxygen atoms in total. The van der Waals surface area contributed by atoms with Crippen molar-refractivity contribution < 1.29 is 9.47 Å². The van der Waals surface area contributed by atoms with Crippen molar-refractivity contribution >= 4 is 0 Å². The fourth-order valence-corrected chi connectivity index (χ4v) is 2.35. The van der Waals surface area contributed by atoms with Crippen LogP contribution in [-0.2, 0) is 9.47 Å². The molecular weight excluding hydrogens is 252 g/mol. The maximum Gasteiger partial charge on any atom is 0.0589 e.